The molecule has 0 radical (unpaired) electrons. The fourth-order valence-corrected chi connectivity index (χ4v) is 10.2. The Bertz CT molecular complexity index is 2190. The maximum absolute atomic E-state index is 14.2. The van der Waals surface area contributed by atoms with Gasteiger partial charge < -0.3 is 14.6 Å². The van der Waals surface area contributed by atoms with Gasteiger partial charge in [0.2, 0.25) is 15.9 Å². The molecular formula is C34H38N8O4S. The van der Waals surface area contributed by atoms with Crippen molar-refractivity contribution in [1.82, 2.24) is 33.8 Å². The predicted octanol–water partition coefficient (Wildman–Crippen LogP) is 4.07. The minimum absolute atomic E-state index is 0.0601. The number of fused-ring (bicyclic) bond motifs is 5. The standard InChI is InChI=1S/C34H38N8O4S/c1-4-47(44,45)42-19-33(20-42)17-34(18-33)29-26(39(2)32(34)43)14-35-31-28(29)27(22-5-6-25-23(11-22)12-36-40(25)3)30(38-31)24-13-37-41(16-24)15-21-7-9-46-10-8-21/h5-6,11-14,16,21H,4,7-10,15,17-20H2,1-3H3,(H,35,38). The number of pyridine rings is 1. The summed E-state index contributed by atoms with van der Waals surface area (Å²) in [5, 5.41) is 11.2. The number of ether oxygens (including phenoxy) is 1. The number of aryl methyl sites for hydroxylation is 1. The minimum atomic E-state index is -3.26. The van der Waals surface area contributed by atoms with Gasteiger partial charge in [0.05, 0.1) is 46.7 Å². The van der Waals surface area contributed by atoms with Gasteiger partial charge in [-0.3, -0.25) is 14.2 Å². The first-order valence-electron chi connectivity index (χ1n) is 16.5. The van der Waals surface area contributed by atoms with Gasteiger partial charge in [-0.25, -0.2) is 17.7 Å². The number of sulfonamides is 1. The zero-order valence-electron chi connectivity index (χ0n) is 26.9. The fraction of sp³-hybridized carbons (Fsp3) is 0.471. The number of rotatable bonds is 6. The van der Waals surface area contributed by atoms with Crippen LogP contribution in [0.15, 0.2) is 43.0 Å². The van der Waals surface area contributed by atoms with E-state index in [-0.39, 0.29) is 17.1 Å². The number of hydrogen-bond acceptors (Lipinski definition) is 7. The van der Waals surface area contributed by atoms with Crippen molar-refractivity contribution in [2.24, 2.45) is 18.4 Å². The maximum Gasteiger partial charge on any atom is 0.237 e. The molecule has 7 heterocycles. The van der Waals surface area contributed by atoms with E-state index in [1.54, 1.807) is 16.1 Å². The van der Waals surface area contributed by atoms with Gasteiger partial charge >= 0.3 is 0 Å². The lowest BCUT2D eigenvalue weighted by Crippen LogP contribution is -2.69. The molecule has 1 saturated carbocycles. The second-order valence-corrected chi connectivity index (χ2v) is 16.4. The lowest BCUT2D eigenvalue weighted by atomic mass is 9.48. The van der Waals surface area contributed by atoms with E-state index in [9.17, 15) is 13.2 Å². The summed E-state index contributed by atoms with van der Waals surface area (Å²) in [6.45, 7) is 5.05. The van der Waals surface area contributed by atoms with Crippen LogP contribution in [0.2, 0.25) is 0 Å². The average Bonchev–Trinajstić information content (AvgIpc) is 3.79. The molecule has 0 atom stereocenters. The number of anilines is 1. The van der Waals surface area contributed by atoms with E-state index in [0.29, 0.717) is 31.8 Å². The third-order valence-corrected chi connectivity index (χ3v) is 13.0. The first kappa shape index (κ1) is 29.1. The van der Waals surface area contributed by atoms with Crippen LogP contribution in [0.3, 0.4) is 0 Å². The third-order valence-electron chi connectivity index (χ3n) is 11.2. The molecule has 4 aliphatic rings. The number of carbonyl (C=O) groups is 1. The Labute approximate surface area is 272 Å². The van der Waals surface area contributed by atoms with Crippen LogP contribution in [0.4, 0.5) is 5.69 Å². The summed E-state index contributed by atoms with van der Waals surface area (Å²) in [4.78, 5) is 24.5. The molecule has 1 N–H and O–H groups in total. The van der Waals surface area contributed by atoms with Crippen molar-refractivity contribution in [2.75, 3.05) is 44.0 Å². The number of benzene rings is 1. The van der Waals surface area contributed by atoms with Gasteiger partial charge in [0.15, 0.2) is 0 Å². The zero-order valence-corrected chi connectivity index (χ0v) is 27.7. The van der Waals surface area contributed by atoms with E-state index in [0.717, 1.165) is 88.2 Å². The zero-order chi connectivity index (χ0) is 32.3. The summed E-state index contributed by atoms with van der Waals surface area (Å²) in [7, 11) is 0.515. The number of nitrogens with one attached hydrogen (secondary N) is 1. The third kappa shape index (κ3) is 4.15. The van der Waals surface area contributed by atoms with Crippen molar-refractivity contribution >= 4 is 43.6 Å². The Hall–Kier alpha value is -4.07. The molecule has 9 rings (SSSR count). The highest BCUT2D eigenvalue weighted by molar-refractivity contribution is 7.89. The molecule has 2 saturated heterocycles. The lowest BCUT2D eigenvalue weighted by Gasteiger charge is -2.62. The van der Waals surface area contributed by atoms with Crippen LogP contribution in [-0.4, -0.2) is 87.3 Å². The SMILES string of the molecule is CCS(=O)(=O)N1CC2(C1)CC1(C2)C(=O)N(C)c2cnc3[nH]c(-c4cnn(CC5CCOCC5)c4)c(-c4ccc5c(cnn5C)c4)c3c21. The largest absolute Gasteiger partial charge is 0.381 e. The van der Waals surface area contributed by atoms with E-state index >= 15 is 0 Å². The van der Waals surface area contributed by atoms with Gasteiger partial charge in [0, 0.05) is 86.0 Å². The Morgan fingerprint density at radius 3 is 2.60 bits per heavy atom. The quantitative estimate of drug-likeness (QED) is 0.292. The van der Waals surface area contributed by atoms with E-state index < -0.39 is 15.4 Å². The first-order chi connectivity index (χ1) is 22.6. The van der Waals surface area contributed by atoms with Crippen molar-refractivity contribution in [3.05, 3.63) is 48.5 Å². The first-order valence-corrected chi connectivity index (χ1v) is 18.1. The lowest BCUT2D eigenvalue weighted by molar-refractivity contribution is -0.139. The molecule has 244 valence electrons. The van der Waals surface area contributed by atoms with Crippen LogP contribution in [0.5, 0.6) is 0 Å². The van der Waals surface area contributed by atoms with Crippen molar-refractivity contribution in [1.29, 1.82) is 0 Å². The number of H-pyrrole nitrogens is 1. The van der Waals surface area contributed by atoms with E-state index in [4.69, 9.17) is 14.8 Å². The van der Waals surface area contributed by atoms with Crippen LogP contribution in [0.1, 0.15) is 38.2 Å². The molecule has 0 unspecified atom stereocenters. The van der Waals surface area contributed by atoms with E-state index in [1.807, 2.05) is 42.0 Å². The number of aromatic amines is 1. The van der Waals surface area contributed by atoms with Crippen LogP contribution < -0.4 is 4.90 Å². The average molecular weight is 655 g/mol. The highest BCUT2D eigenvalue weighted by Crippen LogP contribution is 2.66. The molecule has 4 aromatic heterocycles. The van der Waals surface area contributed by atoms with Gasteiger partial charge in [0.1, 0.15) is 5.65 Å². The van der Waals surface area contributed by atoms with Crippen LogP contribution >= 0.6 is 0 Å². The fourth-order valence-electron chi connectivity index (χ4n) is 8.89. The maximum atomic E-state index is 14.2. The molecule has 3 aliphatic heterocycles. The topological polar surface area (TPSA) is 131 Å². The molecular weight excluding hydrogens is 616 g/mol. The highest BCUT2D eigenvalue weighted by atomic mass is 32.2. The van der Waals surface area contributed by atoms with Crippen molar-refractivity contribution in [3.63, 3.8) is 0 Å². The molecule has 13 heteroatoms. The van der Waals surface area contributed by atoms with Gasteiger partial charge in [0.25, 0.3) is 0 Å². The van der Waals surface area contributed by atoms with Gasteiger partial charge in [-0.2, -0.15) is 10.2 Å². The predicted molar refractivity (Wildman–Crippen MR) is 178 cm³/mol. The van der Waals surface area contributed by atoms with Gasteiger partial charge in [-0.1, -0.05) is 6.07 Å². The number of nitrogens with zero attached hydrogens (tertiary/aromatic N) is 7. The number of amides is 1. The molecule has 12 nitrogen and oxygen atoms in total. The molecule has 3 fully saturated rings. The minimum Gasteiger partial charge on any atom is -0.381 e. The summed E-state index contributed by atoms with van der Waals surface area (Å²) in [5.74, 6) is 0.677. The highest BCUT2D eigenvalue weighted by Gasteiger charge is 2.68. The Morgan fingerprint density at radius 2 is 1.83 bits per heavy atom. The van der Waals surface area contributed by atoms with Gasteiger partial charge in [-0.15, -0.1) is 0 Å². The summed E-state index contributed by atoms with van der Waals surface area (Å²) in [5.41, 5.74) is 6.54. The molecule has 47 heavy (non-hydrogen) atoms. The summed E-state index contributed by atoms with van der Waals surface area (Å²) >= 11 is 0. The second kappa shape index (κ2) is 9.97. The number of hydrogen-bond donors (Lipinski definition) is 1. The molecule has 2 spiro atoms. The van der Waals surface area contributed by atoms with Crippen LogP contribution in [-0.2, 0) is 38.6 Å². The monoisotopic (exact) mass is 654 g/mol. The summed E-state index contributed by atoms with van der Waals surface area (Å²) < 4.78 is 36.2. The molecule has 1 amide bonds. The summed E-state index contributed by atoms with van der Waals surface area (Å²) in [6.07, 6.45) is 11.0. The molecule has 1 aliphatic carbocycles. The van der Waals surface area contributed by atoms with Gasteiger partial charge in [-0.05, 0) is 56.2 Å². The Kier molecular flexibility index (Phi) is 6.17. The van der Waals surface area contributed by atoms with E-state index in [1.165, 1.54) is 0 Å². The van der Waals surface area contributed by atoms with Crippen molar-refractivity contribution in [2.45, 2.75) is 44.6 Å². The smallest absolute Gasteiger partial charge is 0.237 e. The summed E-state index contributed by atoms with van der Waals surface area (Å²) in [6, 6.07) is 6.37. The number of likely N-dealkylation sites (N-methyl/N-ethyl adjacent to an activating group) is 1. The Morgan fingerprint density at radius 1 is 1.04 bits per heavy atom. The molecule has 0 bridgehead atoms. The second-order valence-electron chi connectivity index (χ2n) is 14.1. The van der Waals surface area contributed by atoms with Crippen molar-refractivity contribution < 1.29 is 17.9 Å². The van der Waals surface area contributed by atoms with Crippen molar-refractivity contribution in [3.8, 4) is 22.4 Å². The Balaban J connectivity index is 1.20. The van der Waals surface area contributed by atoms with E-state index in [2.05, 4.69) is 34.5 Å². The van der Waals surface area contributed by atoms with Crippen LogP contribution in [0, 0.1) is 11.3 Å². The molecule has 1 aromatic carbocycles. The normalized spacial score (nSPS) is 20.8. The molecule has 5 aromatic rings. The number of aromatic nitrogens is 6. The van der Waals surface area contributed by atoms with Crippen LogP contribution in [0.25, 0.3) is 44.3 Å². The number of carbonyl (C=O) groups excluding carboxylic acids is 1.